The van der Waals surface area contributed by atoms with Crippen LogP contribution in [-0.2, 0) is 4.74 Å². The third-order valence-corrected chi connectivity index (χ3v) is 2.62. The molecular weight excluding hydrogens is 136 g/mol. The zero-order valence-corrected chi connectivity index (χ0v) is 7.76. The summed E-state index contributed by atoms with van der Waals surface area (Å²) in [4.78, 5) is 0. The van der Waals surface area contributed by atoms with E-state index in [0.29, 0.717) is 12.0 Å². The Bertz CT molecular complexity index is 137. The largest absolute Gasteiger partial charge is 0.371 e. The molecule has 0 aromatic heterocycles. The van der Waals surface area contributed by atoms with Gasteiger partial charge in [-0.1, -0.05) is 20.4 Å². The molecule has 0 aromatic rings. The van der Waals surface area contributed by atoms with Gasteiger partial charge in [0.25, 0.3) is 0 Å². The second-order valence-electron chi connectivity index (χ2n) is 3.52. The number of ether oxygens (including phenoxy) is 1. The van der Waals surface area contributed by atoms with Crippen LogP contribution < -0.4 is 0 Å². The van der Waals surface area contributed by atoms with Crippen LogP contribution in [0.3, 0.4) is 0 Å². The van der Waals surface area contributed by atoms with Gasteiger partial charge in [-0.2, -0.15) is 0 Å². The van der Waals surface area contributed by atoms with Gasteiger partial charge in [0.1, 0.15) is 0 Å². The molecule has 0 aliphatic carbocycles. The highest BCUT2D eigenvalue weighted by molar-refractivity contribution is 5.08. The summed E-state index contributed by atoms with van der Waals surface area (Å²) in [7, 11) is 0. The average Bonchev–Trinajstić information content (AvgIpc) is 1.99. The van der Waals surface area contributed by atoms with Gasteiger partial charge in [0.15, 0.2) is 0 Å². The molecule has 1 aliphatic heterocycles. The lowest BCUT2D eigenvalue weighted by atomic mass is 9.89. The SMILES string of the molecule is C=C1[C@H](C)CC(CC)O[C@@H]1C. The Labute approximate surface area is 69.4 Å². The van der Waals surface area contributed by atoms with Crippen LogP contribution in [0.4, 0.5) is 0 Å². The van der Waals surface area contributed by atoms with Gasteiger partial charge in [-0.3, -0.25) is 0 Å². The summed E-state index contributed by atoms with van der Waals surface area (Å²) in [6, 6.07) is 0. The van der Waals surface area contributed by atoms with Gasteiger partial charge in [0.05, 0.1) is 12.2 Å². The fourth-order valence-corrected chi connectivity index (χ4v) is 1.64. The Morgan fingerprint density at radius 3 is 2.64 bits per heavy atom. The van der Waals surface area contributed by atoms with Crippen LogP contribution in [0.25, 0.3) is 0 Å². The summed E-state index contributed by atoms with van der Waals surface area (Å²) in [6.45, 7) is 10.5. The molecule has 1 heteroatoms. The molecule has 1 heterocycles. The molecule has 0 saturated carbocycles. The van der Waals surface area contributed by atoms with E-state index in [1.807, 2.05) is 0 Å². The van der Waals surface area contributed by atoms with Crippen LogP contribution in [0.1, 0.15) is 33.6 Å². The van der Waals surface area contributed by atoms with Crippen molar-refractivity contribution >= 4 is 0 Å². The van der Waals surface area contributed by atoms with E-state index in [0.717, 1.165) is 12.8 Å². The zero-order valence-electron chi connectivity index (χ0n) is 7.76. The first-order valence-corrected chi connectivity index (χ1v) is 4.49. The van der Waals surface area contributed by atoms with Crippen LogP contribution in [0.2, 0.25) is 0 Å². The van der Waals surface area contributed by atoms with Gasteiger partial charge < -0.3 is 4.74 Å². The third-order valence-electron chi connectivity index (χ3n) is 2.62. The lowest BCUT2D eigenvalue weighted by Crippen LogP contribution is -2.31. The van der Waals surface area contributed by atoms with Gasteiger partial charge in [0, 0.05) is 0 Å². The normalized spacial score (nSPS) is 39.2. The molecule has 1 aliphatic rings. The maximum Gasteiger partial charge on any atom is 0.0760 e. The fourth-order valence-electron chi connectivity index (χ4n) is 1.64. The van der Waals surface area contributed by atoms with Crippen molar-refractivity contribution in [2.75, 3.05) is 0 Å². The molecule has 1 nitrogen and oxygen atoms in total. The van der Waals surface area contributed by atoms with Crippen molar-refractivity contribution in [2.24, 2.45) is 5.92 Å². The Hall–Kier alpha value is -0.300. The van der Waals surface area contributed by atoms with Crippen molar-refractivity contribution in [2.45, 2.75) is 45.8 Å². The molecule has 1 rings (SSSR count). The van der Waals surface area contributed by atoms with E-state index >= 15 is 0 Å². The zero-order chi connectivity index (χ0) is 8.43. The molecule has 0 aromatic carbocycles. The third kappa shape index (κ3) is 1.84. The van der Waals surface area contributed by atoms with Gasteiger partial charge in [0.2, 0.25) is 0 Å². The predicted octanol–water partition coefficient (Wildman–Crippen LogP) is 2.77. The van der Waals surface area contributed by atoms with Crippen LogP contribution >= 0.6 is 0 Å². The molecule has 0 spiro atoms. The molecule has 1 unspecified atom stereocenters. The van der Waals surface area contributed by atoms with E-state index in [-0.39, 0.29) is 6.10 Å². The van der Waals surface area contributed by atoms with E-state index in [4.69, 9.17) is 4.74 Å². The highest BCUT2D eigenvalue weighted by Gasteiger charge is 2.25. The minimum Gasteiger partial charge on any atom is -0.371 e. The van der Waals surface area contributed by atoms with Crippen molar-refractivity contribution < 1.29 is 4.74 Å². The van der Waals surface area contributed by atoms with Crippen molar-refractivity contribution in [3.8, 4) is 0 Å². The smallest absolute Gasteiger partial charge is 0.0760 e. The first kappa shape index (κ1) is 8.79. The van der Waals surface area contributed by atoms with E-state index < -0.39 is 0 Å². The topological polar surface area (TPSA) is 9.23 Å². The molecule has 0 amide bonds. The Morgan fingerprint density at radius 1 is 1.55 bits per heavy atom. The summed E-state index contributed by atoms with van der Waals surface area (Å²) in [5, 5.41) is 0. The van der Waals surface area contributed by atoms with Crippen molar-refractivity contribution in [3.05, 3.63) is 12.2 Å². The molecule has 0 radical (unpaired) electrons. The van der Waals surface area contributed by atoms with Crippen LogP contribution in [0.5, 0.6) is 0 Å². The fraction of sp³-hybridized carbons (Fsp3) is 0.800. The van der Waals surface area contributed by atoms with Crippen LogP contribution in [0, 0.1) is 5.92 Å². The Morgan fingerprint density at radius 2 is 2.18 bits per heavy atom. The second-order valence-corrected chi connectivity index (χ2v) is 3.52. The van der Waals surface area contributed by atoms with E-state index in [2.05, 4.69) is 27.4 Å². The highest BCUT2D eigenvalue weighted by Crippen LogP contribution is 2.29. The predicted molar refractivity (Wildman–Crippen MR) is 47.5 cm³/mol. The van der Waals surface area contributed by atoms with Gasteiger partial charge in [-0.05, 0) is 31.3 Å². The Kier molecular flexibility index (Phi) is 2.72. The number of hydrogen-bond acceptors (Lipinski definition) is 1. The maximum absolute atomic E-state index is 5.72. The lowest BCUT2D eigenvalue weighted by Gasteiger charge is -2.33. The summed E-state index contributed by atoms with van der Waals surface area (Å²) in [5.41, 5.74) is 1.26. The first-order valence-electron chi connectivity index (χ1n) is 4.49. The number of hydrogen-bond donors (Lipinski definition) is 0. The summed E-state index contributed by atoms with van der Waals surface area (Å²) < 4.78 is 5.72. The van der Waals surface area contributed by atoms with E-state index in [9.17, 15) is 0 Å². The van der Waals surface area contributed by atoms with Crippen molar-refractivity contribution in [3.63, 3.8) is 0 Å². The molecule has 3 atom stereocenters. The summed E-state index contributed by atoms with van der Waals surface area (Å²) >= 11 is 0. The van der Waals surface area contributed by atoms with Crippen LogP contribution in [0.15, 0.2) is 12.2 Å². The monoisotopic (exact) mass is 154 g/mol. The second kappa shape index (κ2) is 3.40. The Balaban J connectivity index is 2.54. The van der Waals surface area contributed by atoms with E-state index in [1.54, 1.807) is 0 Å². The highest BCUT2D eigenvalue weighted by atomic mass is 16.5. The first-order chi connectivity index (χ1) is 5.15. The van der Waals surface area contributed by atoms with Crippen LogP contribution in [-0.4, -0.2) is 12.2 Å². The van der Waals surface area contributed by atoms with Gasteiger partial charge in [-0.25, -0.2) is 0 Å². The number of rotatable bonds is 1. The van der Waals surface area contributed by atoms with Gasteiger partial charge >= 0.3 is 0 Å². The van der Waals surface area contributed by atoms with Crippen molar-refractivity contribution in [1.82, 2.24) is 0 Å². The standard InChI is InChI=1S/C10H18O/c1-5-10-6-7(2)8(3)9(4)11-10/h7,9-10H,3,5-6H2,1-2,4H3/t7-,9-,10?/m1/s1. The molecular formula is C10H18O. The maximum atomic E-state index is 5.72. The van der Waals surface area contributed by atoms with Gasteiger partial charge in [-0.15, -0.1) is 0 Å². The quantitative estimate of drug-likeness (QED) is 0.528. The average molecular weight is 154 g/mol. The minimum atomic E-state index is 0.267. The molecule has 1 fully saturated rings. The minimum absolute atomic E-state index is 0.267. The molecule has 64 valence electrons. The lowest BCUT2D eigenvalue weighted by molar-refractivity contribution is -0.0248. The van der Waals surface area contributed by atoms with E-state index in [1.165, 1.54) is 5.57 Å². The molecule has 0 bridgehead atoms. The summed E-state index contributed by atoms with van der Waals surface area (Å²) in [5.74, 6) is 0.642. The summed E-state index contributed by atoms with van der Waals surface area (Å²) in [6.07, 6.45) is 3.01. The molecule has 11 heavy (non-hydrogen) atoms. The molecule has 1 saturated heterocycles. The molecule has 0 N–H and O–H groups in total. The van der Waals surface area contributed by atoms with Crippen molar-refractivity contribution in [1.29, 1.82) is 0 Å².